The number of rotatable bonds is 6. The van der Waals surface area contributed by atoms with E-state index in [0.717, 1.165) is 18.9 Å². The van der Waals surface area contributed by atoms with Crippen molar-refractivity contribution in [3.8, 4) is 11.3 Å². The van der Waals surface area contributed by atoms with Gasteiger partial charge < -0.3 is 5.32 Å². The second-order valence-corrected chi connectivity index (χ2v) is 6.19. The normalized spacial score (nSPS) is 15.2. The minimum atomic E-state index is -0.936. The maximum absolute atomic E-state index is 14.2. The molecule has 1 N–H and O–H groups in total. The zero-order valence-electron chi connectivity index (χ0n) is 12.5. The number of halogens is 4. The van der Waals surface area contributed by atoms with Gasteiger partial charge in [-0.1, -0.05) is 11.6 Å². The van der Waals surface area contributed by atoms with E-state index in [4.69, 9.17) is 11.6 Å². The topological polar surface area (TPSA) is 42.0 Å². The summed E-state index contributed by atoms with van der Waals surface area (Å²) in [5.74, 6) is -2.30. The van der Waals surface area contributed by atoms with Crippen LogP contribution in [0.4, 0.5) is 13.2 Å². The van der Waals surface area contributed by atoms with Gasteiger partial charge in [-0.3, -0.25) is 4.79 Å². The van der Waals surface area contributed by atoms with Gasteiger partial charge in [-0.2, -0.15) is 0 Å². The Morgan fingerprint density at radius 2 is 1.96 bits per heavy atom. The molecule has 1 saturated carbocycles. The van der Waals surface area contributed by atoms with Gasteiger partial charge in [-0.25, -0.2) is 18.2 Å². The molecule has 1 heterocycles. The molecule has 1 aliphatic carbocycles. The molecule has 2 aromatic rings. The van der Waals surface area contributed by atoms with Crippen molar-refractivity contribution in [2.45, 2.75) is 18.8 Å². The van der Waals surface area contributed by atoms with Gasteiger partial charge >= 0.3 is 0 Å². The molecular formula is C17H14ClF3N2O. The Labute approximate surface area is 141 Å². The summed E-state index contributed by atoms with van der Waals surface area (Å²) in [7, 11) is 0. The molecule has 0 radical (unpaired) electrons. The highest BCUT2D eigenvalue weighted by Gasteiger charge is 2.33. The Morgan fingerprint density at radius 1 is 1.21 bits per heavy atom. The van der Waals surface area contributed by atoms with E-state index in [0.29, 0.717) is 30.6 Å². The summed E-state index contributed by atoms with van der Waals surface area (Å²) < 4.78 is 41.5. The molecule has 126 valence electrons. The maximum atomic E-state index is 14.2. The number of carbonyl (C=O) groups excluding carboxylic acids is 1. The lowest BCUT2D eigenvalue weighted by Crippen LogP contribution is -2.22. The Morgan fingerprint density at radius 3 is 2.62 bits per heavy atom. The van der Waals surface area contributed by atoms with Crippen molar-refractivity contribution in [1.29, 1.82) is 0 Å². The Bertz CT molecular complexity index is 781. The predicted molar refractivity (Wildman–Crippen MR) is 84.1 cm³/mol. The molecule has 1 aliphatic rings. The maximum Gasteiger partial charge on any atom is 0.207 e. The van der Waals surface area contributed by atoms with Crippen molar-refractivity contribution in [2.75, 3.05) is 6.54 Å². The summed E-state index contributed by atoms with van der Waals surface area (Å²) in [6.45, 7) is 0.374. The van der Waals surface area contributed by atoms with E-state index >= 15 is 0 Å². The molecule has 1 aromatic heterocycles. The third-order valence-corrected chi connectivity index (χ3v) is 4.41. The molecule has 24 heavy (non-hydrogen) atoms. The van der Waals surface area contributed by atoms with Crippen LogP contribution in [0, 0.1) is 23.4 Å². The van der Waals surface area contributed by atoms with E-state index in [1.54, 1.807) is 0 Å². The van der Waals surface area contributed by atoms with Gasteiger partial charge in [-0.05, 0) is 37.0 Å². The van der Waals surface area contributed by atoms with Crippen molar-refractivity contribution in [2.24, 2.45) is 5.92 Å². The fourth-order valence-electron chi connectivity index (χ4n) is 2.74. The molecule has 1 fully saturated rings. The van der Waals surface area contributed by atoms with Gasteiger partial charge in [0.2, 0.25) is 6.41 Å². The lowest BCUT2D eigenvalue weighted by molar-refractivity contribution is -0.109. The molecule has 1 unspecified atom stereocenters. The number of hydrogen-bond acceptors (Lipinski definition) is 2. The van der Waals surface area contributed by atoms with Gasteiger partial charge in [0.15, 0.2) is 0 Å². The number of hydrogen-bond donors (Lipinski definition) is 1. The van der Waals surface area contributed by atoms with Crippen LogP contribution in [0.3, 0.4) is 0 Å². The van der Waals surface area contributed by atoms with Crippen LogP contribution in [0.5, 0.6) is 0 Å². The molecule has 1 atom stereocenters. The first-order chi connectivity index (χ1) is 11.5. The highest BCUT2D eigenvalue weighted by atomic mass is 35.5. The summed E-state index contributed by atoms with van der Waals surface area (Å²) in [5, 5.41) is 2.30. The first-order valence-corrected chi connectivity index (χ1v) is 7.87. The van der Waals surface area contributed by atoms with E-state index in [1.807, 2.05) is 0 Å². The number of amides is 1. The third kappa shape index (κ3) is 3.38. The number of nitrogens with one attached hydrogen (secondary N) is 1. The number of pyridine rings is 1. The van der Waals surface area contributed by atoms with Crippen molar-refractivity contribution < 1.29 is 18.0 Å². The van der Waals surface area contributed by atoms with Gasteiger partial charge in [0.1, 0.15) is 23.1 Å². The van der Waals surface area contributed by atoms with Crippen molar-refractivity contribution in [3.05, 3.63) is 52.4 Å². The van der Waals surface area contributed by atoms with Crippen molar-refractivity contribution in [3.63, 3.8) is 0 Å². The summed E-state index contributed by atoms with van der Waals surface area (Å²) >= 11 is 5.68. The second-order valence-electron chi connectivity index (χ2n) is 5.78. The average molecular weight is 355 g/mol. The lowest BCUT2D eigenvalue weighted by atomic mass is 9.98. The summed E-state index contributed by atoms with van der Waals surface area (Å²) in [4.78, 5) is 14.8. The average Bonchev–Trinajstić information content (AvgIpc) is 3.38. The SMILES string of the molecule is O=CNCC(c1ccc(F)c(-c2cc(Cl)c(F)cc2F)n1)C1CC1. The van der Waals surface area contributed by atoms with Crippen LogP contribution in [0.15, 0.2) is 24.3 Å². The minimum absolute atomic E-state index is 0.0754. The van der Waals surface area contributed by atoms with Crippen molar-refractivity contribution in [1.82, 2.24) is 10.3 Å². The van der Waals surface area contributed by atoms with Crippen LogP contribution in [-0.4, -0.2) is 17.9 Å². The zero-order chi connectivity index (χ0) is 17.3. The summed E-state index contributed by atoms with van der Waals surface area (Å²) in [5.41, 5.74) is 0.144. The monoisotopic (exact) mass is 354 g/mol. The molecule has 3 rings (SSSR count). The summed E-state index contributed by atoms with van der Waals surface area (Å²) in [6, 6.07) is 4.36. The first kappa shape index (κ1) is 16.8. The predicted octanol–water partition coefficient (Wildman–Crippen LogP) is 4.06. The lowest BCUT2D eigenvalue weighted by Gasteiger charge is -2.16. The molecule has 0 saturated heterocycles. The van der Waals surface area contributed by atoms with E-state index < -0.39 is 17.5 Å². The number of benzene rings is 1. The van der Waals surface area contributed by atoms with E-state index in [2.05, 4.69) is 10.3 Å². The van der Waals surface area contributed by atoms with E-state index in [9.17, 15) is 18.0 Å². The molecule has 1 aromatic carbocycles. The first-order valence-electron chi connectivity index (χ1n) is 7.49. The van der Waals surface area contributed by atoms with E-state index in [-0.39, 0.29) is 22.2 Å². The molecule has 3 nitrogen and oxygen atoms in total. The highest BCUT2D eigenvalue weighted by Crippen LogP contribution is 2.42. The quantitative estimate of drug-likeness (QED) is 0.628. The molecular weight excluding hydrogens is 341 g/mol. The number of nitrogens with zero attached hydrogens (tertiary/aromatic N) is 1. The van der Waals surface area contributed by atoms with Crippen LogP contribution in [0.1, 0.15) is 24.5 Å². The van der Waals surface area contributed by atoms with Crippen molar-refractivity contribution >= 4 is 18.0 Å². The molecule has 7 heteroatoms. The Kier molecular flexibility index (Phi) is 4.76. The Hall–Kier alpha value is -2.08. The fourth-order valence-corrected chi connectivity index (χ4v) is 2.91. The molecule has 0 spiro atoms. The Balaban J connectivity index is 2.03. The van der Waals surface area contributed by atoms with Crippen LogP contribution in [-0.2, 0) is 4.79 Å². The zero-order valence-corrected chi connectivity index (χ0v) is 13.3. The molecule has 0 bridgehead atoms. The standard InChI is InChI=1S/C17H14ClF3N2O/c18-12-5-10(14(20)6-15(12)21)17-13(19)3-4-16(23-17)11(7-22-8-24)9-1-2-9/h3-6,8-9,11H,1-2,7H2,(H,22,24). The van der Waals surface area contributed by atoms with Gasteiger partial charge in [0.05, 0.1) is 5.02 Å². The van der Waals surface area contributed by atoms with Crippen LogP contribution >= 0.6 is 11.6 Å². The largest absolute Gasteiger partial charge is 0.358 e. The van der Waals surface area contributed by atoms with E-state index in [1.165, 1.54) is 12.1 Å². The smallest absolute Gasteiger partial charge is 0.207 e. The van der Waals surface area contributed by atoms with Gasteiger partial charge in [0, 0.05) is 29.8 Å². The molecule has 0 aliphatic heterocycles. The van der Waals surface area contributed by atoms with Crippen LogP contribution in [0.2, 0.25) is 5.02 Å². The molecule has 1 amide bonds. The number of carbonyl (C=O) groups is 1. The third-order valence-electron chi connectivity index (χ3n) is 4.12. The van der Waals surface area contributed by atoms with Gasteiger partial charge in [0.25, 0.3) is 0 Å². The highest BCUT2D eigenvalue weighted by molar-refractivity contribution is 6.31. The fraction of sp³-hybridized carbons (Fsp3) is 0.294. The van der Waals surface area contributed by atoms with Crippen LogP contribution in [0.25, 0.3) is 11.3 Å². The minimum Gasteiger partial charge on any atom is -0.358 e. The van der Waals surface area contributed by atoms with Crippen LogP contribution < -0.4 is 5.32 Å². The number of aromatic nitrogens is 1. The summed E-state index contributed by atoms with van der Waals surface area (Å²) in [6.07, 6.45) is 2.59. The second kappa shape index (κ2) is 6.81. The van der Waals surface area contributed by atoms with Gasteiger partial charge in [-0.15, -0.1) is 0 Å².